The first-order valence-electron chi connectivity index (χ1n) is 5.43. The Labute approximate surface area is 91.1 Å². The van der Waals surface area contributed by atoms with Gasteiger partial charge in [0.15, 0.2) is 0 Å². The van der Waals surface area contributed by atoms with Crippen LogP contribution in [0.3, 0.4) is 0 Å². The zero-order chi connectivity index (χ0) is 10.8. The van der Waals surface area contributed by atoms with Crippen LogP contribution in [0.1, 0.15) is 19.4 Å². The molecule has 0 aromatic heterocycles. The van der Waals surface area contributed by atoms with Crippen molar-refractivity contribution in [3.8, 4) is 0 Å². The van der Waals surface area contributed by atoms with E-state index < -0.39 is 0 Å². The van der Waals surface area contributed by atoms with Crippen LogP contribution in [0.15, 0.2) is 36.4 Å². The highest BCUT2D eigenvalue weighted by Crippen LogP contribution is 2.26. The Hall–Kier alpha value is -1.50. The van der Waals surface area contributed by atoms with Gasteiger partial charge < -0.3 is 5.32 Å². The van der Waals surface area contributed by atoms with E-state index in [9.17, 15) is 0 Å². The first-order chi connectivity index (χ1) is 7.18. The molecule has 0 heterocycles. The Balaban J connectivity index is 2.61. The first kappa shape index (κ1) is 10.0. The van der Waals surface area contributed by atoms with Crippen molar-refractivity contribution in [2.75, 3.05) is 5.32 Å². The minimum atomic E-state index is 0.469. The van der Waals surface area contributed by atoms with Gasteiger partial charge in [0.05, 0.1) is 0 Å². The van der Waals surface area contributed by atoms with E-state index in [2.05, 4.69) is 62.5 Å². The molecule has 1 heteroatoms. The second-order valence-electron chi connectivity index (χ2n) is 4.27. The third-order valence-electron chi connectivity index (χ3n) is 2.59. The fourth-order valence-corrected chi connectivity index (χ4v) is 1.89. The van der Waals surface area contributed by atoms with Crippen LogP contribution in [0, 0.1) is 6.92 Å². The summed E-state index contributed by atoms with van der Waals surface area (Å²) in [6.07, 6.45) is 0. The topological polar surface area (TPSA) is 12.0 Å². The van der Waals surface area contributed by atoms with E-state index in [-0.39, 0.29) is 0 Å². The number of nitrogens with one attached hydrogen (secondary N) is 1. The summed E-state index contributed by atoms with van der Waals surface area (Å²) in [6, 6.07) is 13.3. The molecular formula is C14H17N. The molecular weight excluding hydrogens is 182 g/mol. The van der Waals surface area contributed by atoms with Crippen molar-refractivity contribution in [2.45, 2.75) is 26.8 Å². The molecule has 0 spiro atoms. The summed E-state index contributed by atoms with van der Waals surface area (Å²) >= 11 is 0. The summed E-state index contributed by atoms with van der Waals surface area (Å²) in [5, 5.41) is 6.12. The number of hydrogen-bond acceptors (Lipinski definition) is 1. The molecule has 0 bridgehead atoms. The number of fused-ring (bicyclic) bond motifs is 1. The smallest absolute Gasteiger partial charge is 0.0422 e. The first-order valence-corrected chi connectivity index (χ1v) is 5.43. The molecule has 0 atom stereocenters. The predicted molar refractivity (Wildman–Crippen MR) is 67.4 cm³/mol. The molecule has 0 saturated carbocycles. The molecule has 0 aliphatic heterocycles. The lowest BCUT2D eigenvalue weighted by Crippen LogP contribution is -2.09. The van der Waals surface area contributed by atoms with Crippen molar-refractivity contribution < 1.29 is 0 Å². The highest BCUT2D eigenvalue weighted by Gasteiger charge is 2.03. The summed E-state index contributed by atoms with van der Waals surface area (Å²) in [5.41, 5.74) is 2.56. The van der Waals surface area contributed by atoms with Crippen molar-refractivity contribution in [2.24, 2.45) is 0 Å². The van der Waals surface area contributed by atoms with E-state index in [1.165, 1.54) is 22.0 Å². The maximum Gasteiger partial charge on any atom is 0.0422 e. The van der Waals surface area contributed by atoms with Gasteiger partial charge in [-0.2, -0.15) is 0 Å². The van der Waals surface area contributed by atoms with Crippen LogP contribution in [0.2, 0.25) is 0 Å². The normalized spacial score (nSPS) is 10.9. The second kappa shape index (κ2) is 3.93. The quantitative estimate of drug-likeness (QED) is 0.771. The Morgan fingerprint density at radius 2 is 1.60 bits per heavy atom. The molecule has 78 valence electrons. The van der Waals surface area contributed by atoms with Gasteiger partial charge in [-0.25, -0.2) is 0 Å². The summed E-state index contributed by atoms with van der Waals surface area (Å²) in [7, 11) is 0. The van der Waals surface area contributed by atoms with Crippen molar-refractivity contribution in [1.82, 2.24) is 0 Å². The number of rotatable bonds is 2. The minimum Gasteiger partial charge on any atom is -0.382 e. The van der Waals surface area contributed by atoms with Crippen LogP contribution < -0.4 is 5.32 Å². The van der Waals surface area contributed by atoms with E-state index >= 15 is 0 Å². The van der Waals surface area contributed by atoms with Crippen molar-refractivity contribution >= 4 is 16.5 Å². The number of anilines is 1. The van der Waals surface area contributed by atoms with Gasteiger partial charge >= 0.3 is 0 Å². The molecule has 1 N–H and O–H groups in total. The van der Waals surface area contributed by atoms with E-state index in [1.807, 2.05) is 0 Å². The number of hydrogen-bond donors (Lipinski definition) is 1. The van der Waals surface area contributed by atoms with Crippen LogP contribution in [0.5, 0.6) is 0 Å². The summed E-state index contributed by atoms with van der Waals surface area (Å²) < 4.78 is 0. The van der Waals surface area contributed by atoms with Crippen LogP contribution in [-0.4, -0.2) is 6.04 Å². The largest absolute Gasteiger partial charge is 0.382 e. The maximum absolute atomic E-state index is 3.47. The average Bonchev–Trinajstić information content (AvgIpc) is 2.22. The van der Waals surface area contributed by atoms with Gasteiger partial charge in [-0.1, -0.05) is 30.3 Å². The lowest BCUT2D eigenvalue weighted by atomic mass is 10.0. The Morgan fingerprint density at radius 1 is 0.933 bits per heavy atom. The van der Waals surface area contributed by atoms with E-state index in [4.69, 9.17) is 0 Å². The third-order valence-corrected chi connectivity index (χ3v) is 2.59. The molecule has 2 aromatic carbocycles. The van der Waals surface area contributed by atoms with Gasteiger partial charge in [-0.05, 0) is 37.8 Å². The van der Waals surface area contributed by atoms with Crippen molar-refractivity contribution in [3.05, 3.63) is 42.0 Å². The fraction of sp³-hybridized carbons (Fsp3) is 0.286. The van der Waals surface area contributed by atoms with Gasteiger partial charge in [0, 0.05) is 17.1 Å². The molecule has 2 rings (SSSR count). The molecule has 0 saturated heterocycles. The molecule has 0 aliphatic rings. The highest BCUT2D eigenvalue weighted by atomic mass is 14.9. The van der Waals surface area contributed by atoms with Gasteiger partial charge in [0.2, 0.25) is 0 Å². The fourth-order valence-electron chi connectivity index (χ4n) is 1.89. The van der Waals surface area contributed by atoms with E-state index in [1.54, 1.807) is 0 Å². The molecule has 0 aliphatic carbocycles. The Morgan fingerprint density at radius 3 is 2.27 bits per heavy atom. The molecule has 2 aromatic rings. The molecule has 0 unspecified atom stereocenters. The molecule has 15 heavy (non-hydrogen) atoms. The highest BCUT2D eigenvalue weighted by molar-refractivity contribution is 5.96. The number of aryl methyl sites for hydroxylation is 1. The van der Waals surface area contributed by atoms with Gasteiger partial charge in [-0.15, -0.1) is 0 Å². The zero-order valence-electron chi connectivity index (χ0n) is 9.54. The molecule has 0 fully saturated rings. The van der Waals surface area contributed by atoms with Crippen LogP contribution in [0.25, 0.3) is 10.8 Å². The Bertz CT molecular complexity index is 472. The van der Waals surface area contributed by atoms with Gasteiger partial charge in [0.25, 0.3) is 0 Å². The molecule has 0 amide bonds. The summed E-state index contributed by atoms with van der Waals surface area (Å²) in [4.78, 5) is 0. The van der Waals surface area contributed by atoms with Gasteiger partial charge in [-0.3, -0.25) is 0 Å². The van der Waals surface area contributed by atoms with E-state index in [0.717, 1.165) is 0 Å². The van der Waals surface area contributed by atoms with Crippen molar-refractivity contribution in [1.29, 1.82) is 0 Å². The minimum absolute atomic E-state index is 0.469. The lowest BCUT2D eigenvalue weighted by Gasteiger charge is -2.13. The lowest BCUT2D eigenvalue weighted by molar-refractivity contribution is 0.902. The van der Waals surface area contributed by atoms with E-state index in [0.29, 0.717) is 6.04 Å². The Kier molecular flexibility index (Phi) is 2.63. The summed E-state index contributed by atoms with van der Waals surface area (Å²) in [6.45, 7) is 6.48. The second-order valence-corrected chi connectivity index (χ2v) is 4.27. The third kappa shape index (κ3) is 1.96. The van der Waals surface area contributed by atoms with Crippen LogP contribution >= 0.6 is 0 Å². The maximum atomic E-state index is 3.47. The van der Waals surface area contributed by atoms with Gasteiger partial charge in [0.1, 0.15) is 0 Å². The predicted octanol–water partition coefficient (Wildman–Crippen LogP) is 3.97. The molecule has 0 radical (unpaired) electrons. The van der Waals surface area contributed by atoms with Crippen LogP contribution in [-0.2, 0) is 0 Å². The molecule has 1 nitrogen and oxygen atoms in total. The SMILES string of the molecule is Cc1ccc(NC(C)C)c2ccccc12. The average molecular weight is 199 g/mol. The van der Waals surface area contributed by atoms with Crippen LogP contribution in [0.4, 0.5) is 5.69 Å². The van der Waals surface area contributed by atoms with Crippen molar-refractivity contribution in [3.63, 3.8) is 0 Å². The number of benzene rings is 2. The summed E-state index contributed by atoms with van der Waals surface area (Å²) in [5.74, 6) is 0. The standard InChI is InChI=1S/C14H17N/c1-10(2)15-14-9-8-11(3)12-6-4-5-7-13(12)14/h4-10,15H,1-3H3. The zero-order valence-corrected chi connectivity index (χ0v) is 9.54. The monoisotopic (exact) mass is 199 g/mol.